The van der Waals surface area contributed by atoms with Crippen LogP contribution in [0.1, 0.15) is 41.7 Å². The first-order valence-electron chi connectivity index (χ1n) is 11.8. The molecule has 1 saturated heterocycles. The second-order valence-electron chi connectivity index (χ2n) is 9.25. The van der Waals surface area contributed by atoms with E-state index in [1.807, 2.05) is 72.8 Å². The molecule has 0 bridgehead atoms. The van der Waals surface area contributed by atoms with E-state index in [9.17, 15) is 10.2 Å². The number of fused-ring (bicyclic) bond motifs is 1. The molecule has 2 aliphatic rings. The van der Waals surface area contributed by atoms with E-state index in [1.54, 1.807) is 0 Å². The molecule has 2 unspecified atom stereocenters. The van der Waals surface area contributed by atoms with Crippen LogP contribution in [0.2, 0.25) is 5.02 Å². The van der Waals surface area contributed by atoms with Crippen molar-refractivity contribution in [3.05, 3.63) is 101 Å². The first-order chi connectivity index (χ1) is 16.1. The zero-order valence-corrected chi connectivity index (χ0v) is 19.5. The van der Waals surface area contributed by atoms with Crippen molar-refractivity contribution in [2.75, 3.05) is 37.6 Å². The van der Waals surface area contributed by atoms with Gasteiger partial charge in [0, 0.05) is 36.9 Å². The van der Waals surface area contributed by atoms with Gasteiger partial charge in [-0.1, -0.05) is 72.3 Å². The van der Waals surface area contributed by atoms with E-state index < -0.39 is 17.6 Å². The van der Waals surface area contributed by atoms with E-state index in [-0.39, 0.29) is 0 Å². The Morgan fingerprint density at radius 2 is 1.42 bits per heavy atom. The Kier molecular flexibility index (Phi) is 6.44. The summed E-state index contributed by atoms with van der Waals surface area (Å²) in [5, 5.41) is 23.7. The second kappa shape index (κ2) is 9.47. The summed E-state index contributed by atoms with van der Waals surface area (Å²) in [6.07, 6.45) is 0.202. The number of benzene rings is 3. The standard InChI is InChI=1S/C28H31ClN2O2/c29-22-10-6-11-23(20-22)31-18-16-30(17-19-31)15-7-14-28(21-8-2-1-3-9-21)26(32)24-12-4-5-13-25(24)27(28)33/h1-6,8-13,20,26-27,32-33H,7,14-19H2. The lowest BCUT2D eigenvalue weighted by Gasteiger charge is -2.39. The molecule has 2 atom stereocenters. The van der Waals surface area contributed by atoms with Gasteiger partial charge in [-0.25, -0.2) is 0 Å². The number of anilines is 1. The van der Waals surface area contributed by atoms with E-state index in [0.29, 0.717) is 0 Å². The van der Waals surface area contributed by atoms with Crippen LogP contribution in [0.15, 0.2) is 78.9 Å². The number of aliphatic hydroxyl groups excluding tert-OH is 2. The van der Waals surface area contributed by atoms with Crippen molar-refractivity contribution in [3.63, 3.8) is 0 Å². The fourth-order valence-corrected chi connectivity index (χ4v) is 5.88. The number of rotatable bonds is 6. The largest absolute Gasteiger partial charge is 0.387 e. The highest BCUT2D eigenvalue weighted by Gasteiger charge is 2.52. The highest BCUT2D eigenvalue weighted by molar-refractivity contribution is 6.30. The molecule has 172 valence electrons. The SMILES string of the molecule is OC1c2ccccc2C(O)C1(CCCN1CCN(c2cccc(Cl)c2)CC1)c1ccccc1. The Morgan fingerprint density at radius 1 is 0.788 bits per heavy atom. The summed E-state index contributed by atoms with van der Waals surface area (Å²) < 4.78 is 0. The van der Waals surface area contributed by atoms with Crippen LogP contribution in [0.5, 0.6) is 0 Å². The number of nitrogens with zero attached hydrogens (tertiary/aromatic N) is 2. The Morgan fingerprint density at radius 3 is 2.06 bits per heavy atom. The van der Waals surface area contributed by atoms with E-state index >= 15 is 0 Å². The van der Waals surface area contributed by atoms with Crippen LogP contribution in [0.3, 0.4) is 0 Å². The topological polar surface area (TPSA) is 46.9 Å². The van der Waals surface area contributed by atoms with Gasteiger partial charge in [-0.3, -0.25) is 4.90 Å². The van der Waals surface area contributed by atoms with Gasteiger partial charge in [0.05, 0.1) is 17.6 Å². The first kappa shape index (κ1) is 22.4. The number of hydrogen-bond acceptors (Lipinski definition) is 4. The van der Waals surface area contributed by atoms with Crippen molar-refractivity contribution in [1.82, 2.24) is 4.90 Å². The molecule has 4 nitrogen and oxygen atoms in total. The van der Waals surface area contributed by atoms with Gasteiger partial charge in [0.1, 0.15) is 0 Å². The van der Waals surface area contributed by atoms with Crippen LogP contribution in [0.25, 0.3) is 0 Å². The summed E-state index contributed by atoms with van der Waals surface area (Å²) in [5.41, 5.74) is 3.17. The molecule has 33 heavy (non-hydrogen) atoms. The third-order valence-corrected chi connectivity index (χ3v) is 7.72. The van der Waals surface area contributed by atoms with Gasteiger partial charge >= 0.3 is 0 Å². The maximum absolute atomic E-state index is 11.4. The minimum Gasteiger partial charge on any atom is -0.387 e. The average molecular weight is 463 g/mol. The molecule has 0 saturated carbocycles. The number of aliphatic hydroxyl groups is 2. The zero-order chi connectivity index (χ0) is 22.8. The van der Waals surface area contributed by atoms with Crippen LogP contribution >= 0.6 is 11.6 Å². The monoisotopic (exact) mass is 462 g/mol. The van der Waals surface area contributed by atoms with Gasteiger partial charge in [0.2, 0.25) is 0 Å². The molecule has 3 aromatic carbocycles. The lowest BCUT2D eigenvalue weighted by atomic mass is 9.71. The van der Waals surface area contributed by atoms with Crippen molar-refractivity contribution in [2.24, 2.45) is 0 Å². The van der Waals surface area contributed by atoms with Crippen LogP contribution in [-0.4, -0.2) is 47.8 Å². The Bertz CT molecular complexity index is 1050. The molecule has 0 aromatic heterocycles. The van der Waals surface area contributed by atoms with Crippen molar-refractivity contribution < 1.29 is 10.2 Å². The highest BCUT2D eigenvalue weighted by Crippen LogP contribution is 2.56. The van der Waals surface area contributed by atoms with Crippen molar-refractivity contribution in [1.29, 1.82) is 0 Å². The fraction of sp³-hybridized carbons (Fsp3) is 0.357. The number of piperazine rings is 1. The van der Waals surface area contributed by atoms with Crippen LogP contribution in [0, 0.1) is 0 Å². The normalized spacial score (nSPS) is 25.2. The Labute approximate surface area is 201 Å². The molecule has 5 heteroatoms. The van der Waals surface area contributed by atoms with Crippen molar-refractivity contribution >= 4 is 17.3 Å². The van der Waals surface area contributed by atoms with E-state index in [2.05, 4.69) is 15.9 Å². The molecule has 0 amide bonds. The predicted molar refractivity (Wildman–Crippen MR) is 134 cm³/mol. The maximum Gasteiger partial charge on any atom is 0.0918 e. The summed E-state index contributed by atoms with van der Waals surface area (Å²) in [7, 11) is 0. The second-order valence-corrected chi connectivity index (χ2v) is 9.69. The molecule has 0 spiro atoms. The summed E-state index contributed by atoms with van der Waals surface area (Å²) >= 11 is 6.17. The summed E-state index contributed by atoms with van der Waals surface area (Å²) in [4.78, 5) is 4.87. The van der Waals surface area contributed by atoms with E-state index in [4.69, 9.17) is 11.6 Å². The van der Waals surface area contributed by atoms with Gasteiger partial charge in [0.25, 0.3) is 0 Å². The molecule has 1 heterocycles. The predicted octanol–water partition coefficient (Wildman–Crippen LogP) is 4.96. The van der Waals surface area contributed by atoms with Crippen LogP contribution in [-0.2, 0) is 5.41 Å². The molecule has 1 aliphatic carbocycles. The average Bonchev–Trinajstić information content (AvgIpc) is 3.08. The maximum atomic E-state index is 11.4. The van der Waals surface area contributed by atoms with Crippen LogP contribution < -0.4 is 4.90 Å². The zero-order valence-electron chi connectivity index (χ0n) is 18.8. The third kappa shape index (κ3) is 4.17. The molecule has 3 aromatic rings. The van der Waals surface area contributed by atoms with Gasteiger partial charge in [-0.05, 0) is 54.3 Å². The number of halogens is 1. The van der Waals surface area contributed by atoms with Crippen LogP contribution in [0.4, 0.5) is 5.69 Å². The summed E-state index contributed by atoms with van der Waals surface area (Å²) in [5.74, 6) is 0. The van der Waals surface area contributed by atoms with Gasteiger partial charge in [0.15, 0.2) is 0 Å². The van der Waals surface area contributed by atoms with E-state index in [1.165, 1.54) is 5.69 Å². The van der Waals surface area contributed by atoms with Crippen molar-refractivity contribution in [2.45, 2.75) is 30.5 Å². The molecule has 5 rings (SSSR count). The minimum absolute atomic E-state index is 0.715. The first-order valence-corrected chi connectivity index (χ1v) is 12.2. The van der Waals surface area contributed by atoms with Crippen molar-refractivity contribution in [3.8, 4) is 0 Å². The molecular weight excluding hydrogens is 432 g/mol. The number of hydrogen-bond donors (Lipinski definition) is 2. The molecule has 2 N–H and O–H groups in total. The smallest absolute Gasteiger partial charge is 0.0918 e. The lowest BCUT2D eigenvalue weighted by Crippen LogP contribution is -2.47. The quantitative estimate of drug-likeness (QED) is 0.543. The lowest BCUT2D eigenvalue weighted by molar-refractivity contribution is -0.00451. The molecular formula is C28H31ClN2O2. The Balaban J connectivity index is 1.27. The highest BCUT2D eigenvalue weighted by atomic mass is 35.5. The summed E-state index contributed by atoms with van der Waals surface area (Å²) in [6.45, 7) is 4.89. The van der Waals surface area contributed by atoms with Gasteiger partial charge < -0.3 is 15.1 Å². The minimum atomic E-state index is -0.717. The molecule has 0 radical (unpaired) electrons. The molecule has 1 fully saturated rings. The molecule has 1 aliphatic heterocycles. The van der Waals surface area contributed by atoms with Gasteiger partial charge in [-0.2, -0.15) is 0 Å². The Hall–Kier alpha value is -2.37. The summed E-state index contributed by atoms with van der Waals surface area (Å²) in [6, 6.07) is 25.9. The third-order valence-electron chi connectivity index (χ3n) is 7.48. The van der Waals surface area contributed by atoms with Gasteiger partial charge in [-0.15, -0.1) is 0 Å². The fourth-order valence-electron chi connectivity index (χ4n) is 5.69. The van der Waals surface area contributed by atoms with E-state index in [0.717, 1.165) is 67.3 Å².